The van der Waals surface area contributed by atoms with Crippen molar-refractivity contribution >= 4 is 21.6 Å². The van der Waals surface area contributed by atoms with Crippen molar-refractivity contribution in [2.75, 3.05) is 0 Å². The van der Waals surface area contributed by atoms with E-state index in [0.29, 0.717) is 6.04 Å². The van der Waals surface area contributed by atoms with E-state index in [-0.39, 0.29) is 0 Å². The van der Waals surface area contributed by atoms with Crippen molar-refractivity contribution in [2.45, 2.75) is 31.8 Å². The number of aryl methyl sites for hydroxylation is 1. The molecule has 5 rings (SSSR count). The van der Waals surface area contributed by atoms with E-state index in [9.17, 15) is 0 Å². The van der Waals surface area contributed by atoms with Gasteiger partial charge in [-0.05, 0) is 48.6 Å². The van der Waals surface area contributed by atoms with Crippen LogP contribution in [0, 0.1) is 0 Å². The van der Waals surface area contributed by atoms with Crippen molar-refractivity contribution in [3.05, 3.63) is 83.7 Å². The van der Waals surface area contributed by atoms with Gasteiger partial charge in [-0.1, -0.05) is 42.5 Å². The Morgan fingerprint density at radius 2 is 1.89 bits per heavy atom. The van der Waals surface area contributed by atoms with Crippen LogP contribution in [0.25, 0.3) is 20.8 Å². The molecule has 3 nitrogen and oxygen atoms in total. The van der Waals surface area contributed by atoms with E-state index in [1.807, 2.05) is 18.3 Å². The molecule has 4 aromatic rings. The standard InChI is InChI=1S/C23H21N3S/c1-2-9-21-19(7-1)26-23(27-21)18-12-10-16(11-13-18)15-25-20-8-3-5-17-6-4-14-24-22(17)20/h1-2,4,6-7,9-14,20,25H,3,5,8,15H2. The lowest BCUT2D eigenvalue weighted by molar-refractivity contribution is 0.447. The van der Waals surface area contributed by atoms with Crippen molar-refractivity contribution in [3.8, 4) is 10.6 Å². The molecular formula is C23H21N3S. The zero-order valence-corrected chi connectivity index (χ0v) is 15.9. The van der Waals surface area contributed by atoms with Crippen LogP contribution in [0.15, 0.2) is 66.9 Å². The van der Waals surface area contributed by atoms with Crippen LogP contribution in [-0.2, 0) is 13.0 Å². The molecule has 2 heterocycles. The summed E-state index contributed by atoms with van der Waals surface area (Å²) in [6.45, 7) is 0.862. The largest absolute Gasteiger partial charge is 0.305 e. The Hall–Kier alpha value is -2.56. The van der Waals surface area contributed by atoms with Crippen LogP contribution in [0.5, 0.6) is 0 Å². The first-order chi connectivity index (χ1) is 13.4. The zero-order valence-electron chi connectivity index (χ0n) is 15.1. The molecule has 0 spiro atoms. The number of thiazole rings is 1. The number of hydrogen-bond donors (Lipinski definition) is 1. The van der Waals surface area contributed by atoms with Crippen LogP contribution >= 0.6 is 11.3 Å². The molecule has 27 heavy (non-hydrogen) atoms. The highest BCUT2D eigenvalue weighted by Crippen LogP contribution is 2.31. The maximum absolute atomic E-state index is 4.75. The second-order valence-corrected chi connectivity index (χ2v) is 8.09. The first-order valence-electron chi connectivity index (χ1n) is 9.49. The second kappa shape index (κ2) is 7.22. The maximum atomic E-state index is 4.75. The number of nitrogens with zero attached hydrogens (tertiary/aromatic N) is 2. The lowest BCUT2D eigenvalue weighted by Gasteiger charge is -2.25. The molecule has 2 aromatic carbocycles. The van der Waals surface area contributed by atoms with Crippen molar-refractivity contribution in [2.24, 2.45) is 0 Å². The number of pyridine rings is 1. The predicted molar refractivity (Wildman–Crippen MR) is 112 cm³/mol. The number of hydrogen-bond acceptors (Lipinski definition) is 4. The van der Waals surface area contributed by atoms with Gasteiger partial charge in [0.1, 0.15) is 5.01 Å². The first-order valence-corrected chi connectivity index (χ1v) is 10.3. The lowest BCUT2D eigenvalue weighted by Crippen LogP contribution is -2.25. The summed E-state index contributed by atoms with van der Waals surface area (Å²) in [7, 11) is 0. The van der Waals surface area contributed by atoms with E-state index in [4.69, 9.17) is 4.98 Å². The Labute approximate surface area is 163 Å². The molecule has 0 aliphatic heterocycles. The van der Waals surface area contributed by atoms with Gasteiger partial charge in [-0.2, -0.15) is 0 Å². The predicted octanol–water partition coefficient (Wildman–Crippen LogP) is 5.53. The third kappa shape index (κ3) is 3.38. The van der Waals surface area contributed by atoms with Gasteiger partial charge in [0.05, 0.1) is 22.0 Å². The average molecular weight is 372 g/mol. The van der Waals surface area contributed by atoms with Crippen LogP contribution in [0.3, 0.4) is 0 Å². The highest BCUT2D eigenvalue weighted by molar-refractivity contribution is 7.21. The molecule has 0 fully saturated rings. The SMILES string of the molecule is c1cnc2c(c1)CCCC2NCc1ccc(-c2nc3ccccc3s2)cc1. The number of nitrogens with one attached hydrogen (secondary N) is 1. The number of para-hydroxylation sites is 1. The fourth-order valence-corrected chi connectivity index (χ4v) is 4.78. The number of fused-ring (bicyclic) bond motifs is 2. The summed E-state index contributed by atoms with van der Waals surface area (Å²) in [6.07, 6.45) is 5.45. The molecule has 0 amide bonds. The third-order valence-electron chi connectivity index (χ3n) is 5.24. The summed E-state index contributed by atoms with van der Waals surface area (Å²) in [5.74, 6) is 0. The summed E-state index contributed by atoms with van der Waals surface area (Å²) in [5, 5.41) is 4.78. The van der Waals surface area contributed by atoms with Crippen molar-refractivity contribution in [1.29, 1.82) is 0 Å². The van der Waals surface area contributed by atoms with Gasteiger partial charge in [-0.3, -0.25) is 4.98 Å². The molecule has 0 bridgehead atoms. The minimum atomic E-state index is 0.360. The molecule has 1 atom stereocenters. The summed E-state index contributed by atoms with van der Waals surface area (Å²) in [4.78, 5) is 9.37. The number of aromatic nitrogens is 2. The van der Waals surface area contributed by atoms with Crippen molar-refractivity contribution in [3.63, 3.8) is 0 Å². The molecule has 1 N–H and O–H groups in total. The minimum Gasteiger partial charge on any atom is -0.305 e. The average Bonchev–Trinajstić information content (AvgIpc) is 3.17. The molecule has 134 valence electrons. The van der Waals surface area contributed by atoms with Crippen LogP contribution in [0.2, 0.25) is 0 Å². The van der Waals surface area contributed by atoms with E-state index in [0.717, 1.165) is 29.9 Å². The quantitative estimate of drug-likeness (QED) is 0.513. The zero-order chi connectivity index (χ0) is 18.1. The van der Waals surface area contributed by atoms with Gasteiger partial charge in [-0.15, -0.1) is 11.3 Å². The van der Waals surface area contributed by atoms with Crippen LogP contribution < -0.4 is 5.32 Å². The number of rotatable bonds is 4. The molecule has 1 unspecified atom stereocenters. The fraction of sp³-hybridized carbons (Fsp3) is 0.217. The Morgan fingerprint density at radius 1 is 1.00 bits per heavy atom. The molecule has 1 aliphatic rings. The summed E-state index contributed by atoms with van der Waals surface area (Å²) in [6, 6.07) is 21.7. The van der Waals surface area contributed by atoms with E-state index in [2.05, 4.69) is 58.8 Å². The van der Waals surface area contributed by atoms with E-state index in [1.54, 1.807) is 11.3 Å². The highest BCUT2D eigenvalue weighted by Gasteiger charge is 2.20. The van der Waals surface area contributed by atoms with Gasteiger partial charge < -0.3 is 5.32 Å². The van der Waals surface area contributed by atoms with E-state index < -0.39 is 0 Å². The van der Waals surface area contributed by atoms with E-state index in [1.165, 1.54) is 33.5 Å². The van der Waals surface area contributed by atoms with Gasteiger partial charge in [0.2, 0.25) is 0 Å². The Balaban J connectivity index is 1.30. The molecular weight excluding hydrogens is 350 g/mol. The summed E-state index contributed by atoms with van der Waals surface area (Å²) >= 11 is 1.75. The molecule has 0 saturated heterocycles. The molecule has 2 aromatic heterocycles. The second-order valence-electron chi connectivity index (χ2n) is 7.06. The first kappa shape index (κ1) is 16.6. The smallest absolute Gasteiger partial charge is 0.124 e. The summed E-state index contributed by atoms with van der Waals surface area (Å²) in [5.41, 5.74) is 6.18. The van der Waals surface area contributed by atoms with Gasteiger partial charge in [-0.25, -0.2) is 4.98 Å². The summed E-state index contributed by atoms with van der Waals surface area (Å²) < 4.78 is 1.24. The van der Waals surface area contributed by atoms with Crippen molar-refractivity contribution in [1.82, 2.24) is 15.3 Å². The Bertz CT molecular complexity index is 1040. The fourth-order valence-electron chi connectivity index (χ4n) is 3.81. The number of benzene rings is 2. The van der Waals surface area contributed by atoms with Gasteiger partial charge >= 0.3 is 0 Å². The van der Waals surface area contributed by atoms with Crippen LogP contribution in [-0.4, -0.2) is 9.97 Å². The normalized spacial score (nSPS) is 16.4. The topological polar surface area (TPSA) is 37.8 Å². The Kier molecular flexibility index (Phi) is 4.44. The van der Waals surface area contributed by atoms with Crippen molar-refractivity contribution < 1.29 is 0 Å². The van der Waals surface area contributed by atoms with Gasteiger partial charge in [0.25, 0.3) is 0 Å². The Morgan fingerprint density at radius 3 is 2.78 bits per heavy atom. The third-order valence-corrected chi connectivity index (χ3v) is 6.33. The monoisotopic (exact) mass is 371 g/mol. The maximum Gasteiger partial charge on any atom is 0.124 e. The van der Waals surface area contributed by atoms with Gasteiger partial charge in [0.15, 0.2) is 0 Å². The molecule has 4 heteroatoms. The minimum absolute atomic E-state index is 0.360. The van der Waals surface area contributed by atoms with Crippen LogP contribution in [0.4, 0.5) is 0 Å². The molecule has 1 aliphatic carbocycles. The van der Waals surface area contributed by atoms with Crippen LogP contribution in [0.1, 0.15) is 35.7 Å². The molecule has 0 saturated carbocycles. The highest BCUT2D eigenvalue weighted by atomic mass is 32.1. The molecule has 0 radical (unpaired) electrons. The van der Waals surface area contributed by atoms with Gasteiger partial charge in [0, 0.05) is 18.3 Å². The lowest BCUT2D eigenvalue weighted by atomic mass is 9.92. The van der Waals surface area contributed by atoms with E-state index >= 15 is 0 Å².